The zero-order chi connectivity index (χ0) is 8.72. The number of nitrogens with zero attached hydrogens (tertiary/aromatic N) is 1. The molecule has 0 saturated heterocycles. The molecule has 2 rings (SSSR count). The molecule has 0 unspecified atom stereocenters. The Morgan fingerprint density at radius 3 is 1.77 bits per heavy atom. The highest BCUT2D eigenvalue weighted by Gasteiger charge is 2.33. The first kappa shape index (κ1) is 9.37. The molecular formula is C8H7NO4. The highest BCUT2D eigenvalue weighted by atomic mass is 16.5. The van der Waals surface area contributed by atoms with Crippen molar-refractivity contribution in [2.45, 2.75) is 0 Å². The second-order valence-corrected chi connectivity index (χ2v) is 2.47. The van der Waals surface area contributed by atoms with Gasteiger partial charge in [-0.2, -0.15) is 0 Å². The summed E-state index contributed by atoms with van der Waals surface area (Å²) in [5, 5.41) is 9.05. The summed E-state index contributed by atoms with van der Waals surface area (Å²) in [7, 11) is 0. The number of benzene rings is 1. The van der Waals surface area contributed by atoms with Crippen LogP contribution >= 0.6 is 0 Å². The lowest BCUT2D eigenvalue weighted by atomic mass is 10.1. The Hall–Kier alpha value is -1.72. The number of hydroxylamine groups is 2. The number of amides is 2. The number of hydrogen-bond donors (Lipinski definition) is 1. The van der Waals surface area contributed by atoms with Crippen LogP contribution in [0.5, 0.6) is 0 Å². The number of hydrogen-bond acceptors (Lipinski definition) is 3. The second-order valence-electron chi connectivity index (χ2n) is 2.47. The van der Waals surface area contributed by atoms with Crippen molar-refractivity contribution < 1.29 is 20.3 Å². The highest BCUT2D eigenvalue weighted by Crippen LogP contribution is 2.19. The number of fused-ring (bicyclic) bond motifs is 1. The largest absolute Gasteiger partial charge is 0.412 e. The summed E-state index contributed by atoms with van der Waals surface area (Å²) in [4.78, 5) is 22.1. The zero-order valence-electron chi connectivity index (χ0n) is 6.52. The number of carbonyl (C=O) groups is 2. The predicted octanol–water partition coefficient (Wildman–Crippen LogP) is -0.153. The number of carbonyl (C=O) groups excluding carboxylic acids is 2. The van der Waals surface area contributed by atoms with E-state index in [0.29, 0.717) is 0 Å². The van der Waals surface area contributed by atoms with Crippen LogP contribution in [-0.4, -0.2) is 27.6 Å². The summed E-state index contributed by atoms with van der Waals surface area (Å²) in [6.07, 6.45) is 0. The summed E-state index contributed by atoms with van der Waals surface area (Å²) in [6, 6.07) is 6.30. The minimum atomic E-state index is -0.657. The molecule has 1 aliphatic rings. The normalized spacial score (nSPS) is 14.1. The van der Waals surface area contributed by atoms with Crippen LogP contribution in [-0.2, 0) is 0 Å². The molecule has 68 valence electrons. The minimum absolute atomic E-state index is 0. The van der Waals surface area contributed by atoms with Crippen LogP contribution in [0.1, 0.15) is 20.7 Å². The SMILES string of the molecule is O.O=C1c2ccccc2C(=O)N1O. The van der Waals surface area contributed by atoms with Gasteiger partial charge in [0.05, 0.1) is 11.1 Å². The third-order valence-corrected chi connectivity index (χ3v) is 1.77. The molecule has 1 heterocycles. The van der Waals surface area contributed by atoms with Crippen molar-refractivity contribution in [1.82, 2.24) is 5.06 Å². The van der Waals surface area contributed by atoms with Gasteiger partial charge in [-0.25, -0.2) is 0 Å². The summed E-state index contributed by atoms with van der Waals surface area (Å²) in [6.45, 7) is 0. The third-order valence-electron chi connectivity index (χ3n) is 1.77. The summed E-state index contributed by atoms with van der Waals surface area (Å²) in [5.41, 5.74) is 0.509. The lowest BCUT2D eigenvalue weighted by Crippen LogP contribution is -2.25. The van der Waals surface area contributed by atoms with E-state index in [1.54, 1.807) is 12.1 Å². The molecule has 0 aliphatic carbocycles. The Bertz CT molecular complexity index is 339. The van der Waals surface area contributed by atoms with Crippen molar-refractivity contribution in [3.05, 3.63) is 35.4 Å². The van der Waals surface area contributed by atoms with Crippen LogP contribution in [0, 0.1) is 0 Å². The lowest BCUT2D eigenvalue weighted by molar-refractivity contribution is -0.0327. The van der Waals surface area contributed by atoms with Crippen molar-refractivity contribution in [2.24, 2.45) is 0 Å². The maximum Gasteiger partial charge on any atom is 0.285 e. The van der Waals surface area contributed by atoms with E-state index in [2.05, 4.69) is 0 Å². The Morgan fingerprint density at radius 1 is 1.00 bits per heavy atom. The molecule has 0 spiro atoms. The van der Waals surface area contributed by atoms with Gasteiger partial charge in [-0.3, -0.25) is 14.8 Å². The van der Waals surface area contributed by atoms with Crippen molar-refractivity contribution in [2.75, 3.05) is 0 Å². The van der Waals surface area contributed by atoms with Gasteiger partial charge >= 0.3 is 0 Å². The molecule has 1 aromatic carbocycles. The van der Waals surface area contributed by atoms with E-state index in [0.717, 1.165) is 0 Å². The molecule has 0 radical (unpaired) electrons. The fourth-order valence-corrected chi connectivity index (χ4v) is 1.18. The van der Waals surface area contributed by atoms with Gasteiger partial charge in [-0.1, -0.05) is 12.1 Å². The van der Waals surface area contributed by atoms with E-state index in [-0.39, 0.29) is 21.7 Å². The van der Waals surface area contributed by atoms with Crippen LogP contribution in [0.2, 0.25) is 0 Å². The molecule has 5 heteroatoms. The van der Waals surface area contributed by atoms with E-state index < -0.39 is 11.8 Å². The average molecular weight is 181 g/mol. The zero-order valence-corrected chi connectivity index (χ0v) is 6.52. The Morgan fingerprint density at radius 2 is 1.38 bits per heavy atom. The summed E-state index contributed by atoms with van der Waals surface area (Å²) < 4.78 is 0. The lowest BCUT2D eigenvalue weighted by Gasteiger charge is -1.99. The van der Waals surface area contributed by atoms with Crippen molar-refractivity contribution in [3.8, 4) is 0 Å². The molecule has 0 bridgehead atoms. The van der Waals surface area contributed by atoms with Crippen LogP contribution in [0.3, 0.4) is 0 Å². The van der Waals surface area contributed by atoms with E-state index in [1.165, 1.54) is 12.1 Å². The summed E-state index contributed by atoms with van der Waals surface area (Å²) >= 11 is 0. The molecular weight excluding hydrogens is 174 g/mol. The Kier molecular flexibility index (Phi) is 2.14. The fraction of sp³-hybridized carbons (Fsp3) is 0. The van der Waals surface area contributed by atoms with Gasteiger partial charge in [0.2, 0.25) is 0 Å². The maximum atomic E-state index is 11.1. The predicted molar refractivity (Wildman–Crippen MR) is 42.3 cm³/mol. The molecule has 1 aliphatic heterocycles. The first-order valence-corrected chi connectivity index (χ1v) is 3.38. The van der Waals surface area contributed by atoms with Gasteiger partial charge < -0.3 is 5.48 Å². The third kappa shape index (κ3) is 1.10. The number of imide groups is 1. The molecule has 0 aromatic heterocycles. The molecule has 5 nitrogen and oxygen atoms in total. The second kappa shape index (κ2) is 2.96. The van der Waals surface area contributed by atoms with Crippen LogP contribution in [0.15, 0.2) is 24.3 Å². The van der Waals surface area contributed by atoms with Crippen molar-refractivity contribution in [1.29, 1.82) is 0 Å². The standard InChI is InChI=1S/C8H5NO3.H2O/c10-7-5-3-1-2-4-6(5)8(11)9(7)12;/h1-4,12H;1H2. The van der Waals surface area contributed by atoms with Crippen molar-refractivity contribution >= 4 is 11.8 Å². The molecule has 0 saturated carbocycles. The molecule has 2 amide bonds. The molecule has 0 fully saturated rings. The van der Waals surface area contributed by atoms with Gasteiger partial charge in [0.1, 0.15) is 0 Å². The Balaban J connectivity index is 0.000000845. The molecule has 0 atom stereocenters. The van der Waals surface area contributed by atoms with Gasteiger partial charge in [0.15, 0.2) is 0 Å². The minimum Gasteiger partial charge on any atom is -0.412 e. The topological polar surface area (TPSA) is 89.1 Å². The van der Waals surface area contributed by atoms with Crippen LogP contribution < -0.4 is 0 Å². The van der Waals surface area contributed by atoms with E-state index in [4.69, 9.17) is 5.21 Å². The van der Waals surface area contributed by atoms with Gasteiger partial charge in [0, 0.05) is 0 Å². The maximum absolute atomic E-state index is 11.1. The Labute approximate surface area is 73.5 Å². The summed E-state index contributed by atoms with van der Waals surface area (Å²) in [5.74, 6) is -1.31. The quantitative estimate of drug-likeness (QED) is 0.445. The molecule has 3 N–H and O–H groups in total. The fourth-order valence-electron chi connectivity index (χ4n) is 1.18. The van der Waals surface area contributed by atoms with Gasteiger partial charge in [-0.15, -0.1) is 5.06 Å². The highest BCUT2D eigenvalue weighted by molar-refractivity contribution is 6.20. The van der Waals surface area contributed by atoms with Crippen molar-refractivity contribution in [3.63, 3.8) is 0 Å². The van der Waals surface area contributed by atoms with Crippen LogP contribution in [0.25, 0.3) is 0 Å². The van der Waals surface area contributed by atoms with E-state index in [9.17, 15) is 9.59 Å². The molecule has 13 heavy (non-hydrogen) atoms. The van der Waals surface area contributed by atoms with E-state index >= 15 is 0 Å². The van der Waals surface area contributed by atoms with Gasteiger partial charge in [-0.05, 0) is 12.1 Å². The van der Waals surface area contributed by atoms with Crippen LogP contribution in [0.4, 0.5) is 0 Å². The first-order valence-electron chi connectivity index (χ1n) is 3.38. The monoisotopic (exact) mass is 181 g/mol. The van der Waals surface area contributed by atoms with Gasteiger partial charge in [0.25, 0.3) is 11.8 Å². The number of rotatable bonds is 0. The van der Waals surface area contributed by atoms with E-state index in [1.807, 2.05) is 0 Å². The first-order chi connectivity index (χ1) is 5.72. The molecule has 1 aromatic rings. The average Bonchev–Trinajstić information content (AvgIpc) is 2.33. The smallest absolute Gasteiger partial charge is 0.285 e.